The monoisotopic (exact) mass is 1570 g/mol. The van der Waals surface area contributed by atoms with Crippen LogP contribution in [0.3, 0.4) is 0 Å². The molecule has 29 heteroatoms. The molecule has 2 aromatic rings. The number of halogens is 5. The number of benzene rings is 2. The van der Waals surface area contributed by atoms with Crippen molar-refractivity contribution in [3.8, 4) is 12.1 Å². The maximum absolute atomic E-state index is 14.5. The van der Waals surface area contributed by atoms with Gasteiger partial charge in [-0.3, -0.25) is 4.57 Å². The van der Waals surface area contributed by atoms with E-state index in [9.17, 15) is 37.4 Å². The summed E-state index contributed by atoms with van der Waals surface area (Å²) in [6.07, 6.45) is -12.9. The fourth-order valence-corrected chi connectivity index (χ4v) is 17.5. The Balaban J connectivity index is 0.000000655. The lowest BCUT2D eigenvalue weighted by Crippen LogP contribution is -2.59. The fraction of sp³-hybridized carbons (Fsp3) is 0.816. The molecule has 7 unspecified atom stereocenters. The number of aliphatic hydroxyl groups is 6. The van der Waals surface area contributed by atoms with E-state index in [-0.39, 0.29) is 101 Å². The summed E-state index contributed by atoms with van der Waals surface area (Å²) in [6.45, 7) is 38.8. The molecule has 7 saturated heterocycles. The van der Waals surface area contributed by atoms with Crippen LogP contribution in [-0.2, 0) is 56.2 Å². The minimum atomic E-state index is -2.74. The van der Waals surface area contributed by atoms with Gasteiger partial charge in [0, 0.05) is 108 Å². The standard InChI is InChI=1S/C15H19FO3.C15H32N3OP.C15H20O4.C12H21FNO3P.C8H15FO3.C8H15FO2.CH3Cl.2CH4O/c1-15(2)9-18-11-8-17-14(19-12(11)13(15)16)10-6-4-3-5-7-10;1-12(2)17(13(3)4)20(19,11-9-10-16)18(14(5)6)15(7)8;1-15(2)9-18-11-8-17-14(19-12(11)13(15)16)10-6-4-3-5-7-10;1-9-10(11(13)12(2,3)8-15-9)17-18(4)16-7-5-6-14;1-8(2)4-12-5(3-10)6(11)7(8)9;1-5-6(10)7(9)8(2,3)4-11-5;3*1-2/h3-7,11-14H,8-9H2,1-2H3;12-15H,9,11H2,1-8H3;3-7,11-14,16H,8-9H2,1-2H3;9-11H,5,7-8H2,1-4H3;5-7,10-11H,3-4H2,1-2H3;5-7,10H,4H2,1-3H3;1H3;2*2H,1H3/t11-,12?,13-,14-;;11-,12?,13+,14-;9-,10?,11-,18?;2*5-,6?,7-;;;/m1.1111.../s1/i;;;1D;;1D;1TD;2*2T. The van der Waals surface area contributed by atoms with Gasteiger partial charge in [0.2, 0.25) is 10.3 Å². The first kappa shape index (κ1) is 89.5. The molecular weight excluding hydrogens is 1430 g/mol. The molecule has 0 amide bonds. The van der Waals surface area contributed by atoms with Gasteiger partial charge in [-0.05, 0) is 69.2 Å². The number of hydrogen-bond donors (Lipinski definition) is 6. The molecular formula is C76H133ClF4N4O18P2. The molecule has 0 aliphatic carbocycles. The Morgan fingerprint density at radius 3 is 1.43 bits per heavy atom. The van der Waals surface area contributed by atoms with Crippen LogP contribution >= 0.6 is 27.4 Å². The number of fused-ring (bicyclic) bond motifs is 2. The van der Waals surface area contributed by atoms with Crippen molar-refractivity contribution < 1.29 is 110 Å². The smallest absolute Gasteiger partial charge is 0.218 e. The summed E-state index contributed by atoms with van der Waals surface area (Å²) in [4.78, 5) is 0. The predicted molar refractivity (Wildman–Crippen MR) is 403 cm³/mol. The van der Waals surface area contributed by atoms with Crippen molar-refractivity contribution in [2.75, 3.05) is 92.8 Å². The maximum atomic E-state index is 14.5. The lowest BCUT2D eigenvalue weighted by atomic mass is 9.80. The van der Waals surface area contributed by atoms with Gasteiger partial charge in [-0.1, -0.05) is 130 Å². The molecule has 7 aliphatic heterocycles. The number of hydrogen-bond acceptors (Lipinski definition) is 20. The van der Waals surface area contributed by atoms with Crippen LogP contribution in [0.1, 0.15) is 180 Å². The Kier molecular flexibility index (Phi) is 40.6. The van der Waals surface area contributed by atoms with Gasteiger partial charge >= 0.3 is 0 Å². The number of rotatable bonds is 16. The molecule has 22 nitrogen and oxygen atoms in total. The van der Waals surface area contributed by atoms with E-state index in [1.54, 1.807) is 48.2 Å². The van der Waals surface area contributed by atoms with E-state index in [1.165, 1.54) is 14.2 Å². The van der Waals surface area contributed by atoms with Crippen molar-refractivity contribution >= 4 is 27.4 Å². The normalized spacial score (nSPS) is 32.3. The van der Waals surface area contributed by atoms with Gasteiger partial charge in [-0.2, -0.15) is 10.5 Å². The minimum absolute atomic E-state index is 0.0392. The highest BCUT2D eigenvalue weighted by atomic mass is 35.5. The Bertz CT molecular complexity index is 2800. The lowest BCUT2D eigenvalue weighted by molar-refractivity contribution is -0.318. The third-order valence-electron chi connectivity index (χ3n) is 18.3. The highest BCUT2D eigenvalue weighted by Crippen LogP contribution is 2.58. The van der Waals surface area contributed by atoms with Gasteiger partial charge in [0.1, 0.15) is 73.5 Å². The second kappa shape index (κ2) is 47.6. The minimum Gasteiger partial charge on any atom is -0.400 e. The van der Waals surface area contributed by atoms with Crippen LogP contribution in [-0.4, -0.2) is 252 Å². The Labute approximate surface area is 641 Å². The van der Waals surface area contributed by atoms with E-state index in [4.69, 9.17) is 75.7 Å². The van der Waals surface area contributed by atoms with Crippen LogP contribution in [0.2, 0.25) is 0 Å². The molecule has 7 fully saturated rings. The van der Waals surface area contributed by atoms with Gasteiger partial charge < -0.3 is 82.3 Å². The van der Waals surface area contributed by atoms with Gasteiger partial charge in [-0.15, -0.1) is 11.6 Å². The second-order valence-electron chi connectivity index (χ2n) is 30.9. The maximum Gasteiger partial charge on any atom is 0.218 e. The highest BCUT2D eigenvalue weighted by Gasteiger charge is 2.52. The van der Waals surface area contributed by atoms with Crippen molar-refractivity contribution in [2.24, 2.45) is 27.1 Å². The molecule has 9 rings (SSSR count). The largest absolute Gasteiger partial charge is 0.400 e. The Hall–Kier alpha value is -2.67. The summed E-state index contributed by atoms with van der Waals surface area (Å²) in [5, 5.41) is 62.2. The summed E-state index contributed by atoms with van der Waals surface area (Å²) in [7, 11) is -1.42. The third kappa shape index (κ3) is 29.7. The average molecular weight is 1570 g/mol. The van der Waals surface area contributed by atoms with E-state index in [1.807, 2.05) is 94.4 Å². The van der Waals surface area contributed by atoms with Gasteiger partial charge in [0.15, 0.2) is 21.0 Å². The SMILES string of the molecule is CC(C)N(C(C)C)P(=O)(CCC#N)N(C(C)C)C(C)C.CC1(C)CO[C@@H]2CO[C@@H](c3ccccc3)OC2[C@@H]1O.CC1(C)CO[C@@H]2CO[C@@H](c3ccccc3)OC2[C@H]1F.CC1(C)CO[C@H](CO)C(O)[C@H]1F.[2H]C([3H])Cl.[2H]C[C@H]1OCC(C)(C)[C@H](F)C1O.[2H]C[C@H]1OCC(C)(C)[C@H](F)C1OP(C)OCCC#N.[3H]OC.[3H]OC. The van der Waals surface area contributed by atoms with Crippen LogP contribution in [0.5, 0.6) is 0 Å². The molecule has 105 heavy (non-hydrogen) atoms. The van der Waals surface area contributed by atoms with E-state index < -0.39 is 130 Å². The van der Waals surface area contributed by atoms with Crippen molar-refractivity contribution in [1.82, 2.24) is 9.34 Å². The average Bonchev–Trinajstić information content (AvgIpc) is 0.796. The summed E-state index contributed by atoms with van der Waals surface area (Å²) in [5.74, 6) is 0. The first-order valence-electron chi connectivity index (χ1n) is 39.0. The van der Waals surface area contributed by atoms with Gasteiger partial charge in [0.25, 0.3) is 0 Å². The van der Waals surface area contributed by atoms with E-state index in [0.717, 1.165) is 11.1 Å². The van der Waals surface area contributed by atoms with Crippen molar-refractivity contribution in [3.05, 3.63) is 71.8 Å². The van der Waals surface area contributed by atoms with E-state index in [0.29, 0.717) is 39.0 Å². The van der Waals surface area contributed by atoms with Crippen LogP contribution in [0, 0.1) is 49.7 Å². The molecule has 610 valence electrons. The van der Waals surface area contributed by atoms with E-state index in [2.05, 4.69) is 92.6 Å². The first-order valence-corrected chi connectivity index (χ1v) is 39.5. The van der Waals surface area contributed by atoms with Crippen LogP contribution < -0.4 is 0 Å². The topological polar surface area (TPSA) is 294 Å². The highest BCUT2D eigenvalue weighted by molar-refractivity contribution is 7.59. The van der Waals surface area contributed by atoms with Crippen molar-refractivity contribution in [1.29, 1.82) is 13.4 Å². The predicted octanol–water partition coefficient (Wildman–Crippen LogP) is 13.4. The van der Waals surface area contributed by atoms with Crippen molar-refractivity contribution in [3.63, 3.8) is 0 Å². The Morgan fingerprint density at radius 2 is 1.00 bits per heavy atom. The number of nitrogens with zero attached hydrogens (tertiary/aromatic N) is 4. The third-order valence-corrected chi connectivity index (χ3v) is 23.5. The summed E-state index contributed by atoms with van der Waals surface area (Å²) >= 11 is 4.61. The molecule has 0 saturated carbocycles. The molecule has 19 atom stereocenters. The molecule has 7 aliphatic rings. The zero-order chi connectivity index (χ0) is 85.2. The second-order valence-corrected chi connectivity index (χ2v) is 35.0. The number of ether oxygens (including phenoxy) is 9. The Morgan fingerprint density at radius 1 is 0.619 bits per heavy atom. The quantitative estimate of drug-likeness (QED) is 0.0394. The number of nitriles is 2. The lowest BCUT2D eigenvalue weighted by Gasteiger charge is -2.48. The van der Waals surface area contributed by atoms with Crippen molar-refractivity contribution in [2.45, 2.75) is 280 Å². The van der Waals surface area contributed by atoms with Gasteiger partial charge in [-0.25, -0.2) is 26.9 Å². The molecule has 0 radical (unpaired) electrons. The summed E-state index contributed by atoms with van der Waals surface area (Å²) < 4.78 is 173. The summed E-state index contributed by atoms with van der Waals surface area (Å²) in [6, 6.07) is 24.3. The van der Waals surface area contributed by atoms with Crippen LogP contribution in [0.15, 0.2) is 60.7 Å². The fourth-order valence-electron chi connectivity index (χ4n) is 12.5. The zero-order valence-corrected chi connectivity index (χ0v) is 68.5. The molecule has 2 aromatic carbocycles. The summed E-state index contributed by atoms with van der Waals surface area (Å²) in [5.41, 5.74) is -0.845. The zero-order valence-electron chi connectivity index (χ0n) is 72.0. The van der Waals surface area contributed by atoms with E-state index >= 15 is 0 Å². The number of alkyl halides is 5. The molecule has 0 aromatic heterocycles. The molecule has 0 spiro atoms. The van der Waals surface area contributed by atoms with Crippen LogP contribution in [0.25, 0.3) is 0 Å². The van der Waals surface area contributed by atoms with Gasteiger partial charge in [0.05, 0.1) is 96.3 Å². The molecule has 0 bridgehead atoms. The van der Waals surface area contributed by atoms with Crippen LogP contribution in [0.4, 0.5) is 17.6 Å². The first-order chi connectivity index (χ1) is 51.7. The molecule has 7 heterocycles. The number of aliphatic hydroxyl groups excluding tert-OH is 6. The molecule has 6 N–H and O–H groups in total.